The molecular formula is C19H20N4O. The second-order valence-corrected chi connectivity index (χ2v) is 6.57. The number of aryl methyl sites for hydroxylation is 3. The Hall–Kier alpha value is -2.69. The van der Waals surface area contributed by atoms with Crippen molar-refractivity contribution in [2.75, 3.05) is 0 Å². The number of carbonyl (C=O) groups is 1. The highest BCUT2D eigenvalue weighted by Gasteiger charge is 2.23. The molecule has 0 bridgehead atoms. The van der Waals surface area contributed by atoms with Crippen molar-refractivity contribution in [1.29, 1.82) is 0 Å². The van der Waals surface area contributed by atoms with E-state index >= 15 is 0 Å². The fourth-order valence-electron chi connectivity index (χ4n) is 3.51. The maximum Gasteiger partial charge on any atom is 0.252 e. The number of carbonyl (C=O) groups excluding carboxylic acids is 1. The monoisotopic (exact) mass is 320 g/mol. The van der Waals surface area contributed by atoms with Crippen molar-refractivity contribution < 1.29 is 4.79 Å². The molecule has 1 aliphatic carbocycles. The van der Waals surface area contributed by atoms with Crippen LogP contribution in [0.15, 0.2) is 30.5 Å². The molecule has 2 aromatic heterocycles. The van der Waals surface area contributed by atoms with Gasteiger partial charge < -0.3 is 5.32 Å². The Kier molecular flexibility index (Phi) is 3.56. The lowest BCUT2D eigenvalue weighted by Crippen LogP contribution is -2.38. The van der Waals surface area contributed by atoms with E-state index in [0.717, 1.165) is 41.4 Å². The Morgan fingerprint density at radius 3 is 3.08 bits per heavy atom. The number of aromatic amines is 1. The van der Waals surface area contributed by atoms with E-state index in [1.807, 2.05) is 44.3 Å². The van der Waals surface area contributed by atoms with Gasteiger partial charge >= 0.3 is 0 Å². The molecule has 0 saturated heterocycles. The van der Waals surface area contributed by atoms with Crippen LogP contribution < -0.4 is 5.32 Å². The van der Waals surface area contributed by atoms with Crippen molar-refractivity contribution in [2.24, 2.45) is 0 Å². The summed E-state index contributed by atoms with van der Waals surface area (Å²) in [7, 11) is 0. The Morgan fingerprint density at radius 2 is 2.21 bits per heavy atom. The fraction of sp³-hybridized carbons (Fsp3) is 0.316. The van der Waals surface area contributed by atoms with Crippen molar-refractivity contribution in [1.82, 2.24) is 20.5 Å². The maximum absolute atomic E-state index is 12.9. The van der Waals surface area contributed by atoms with Crippen LogP contribution in [0.1, 0.15) is 39.3 Å². The summed E-state index contributed by atoms with van der Waals surface area (Å²) in [5.74, 6) is -0.0203. The third-order valence-corrected chi connectivity index (χ3v) is 4.77. The summed E-state index contributed by atoms with van der Waals surface area (Å²) in [5, 5.41) is 11.2. The van der Waals surface area contributed by atoms with E-state index in [1.165, 1.54) is 11.3 Å². The van der Waals surface area contributed by atoms with Gasteiger partial charge in [0, 0.05) is 22.8 Å². The van der Waals surface area contributed by atoms with Crippen LogP contribution in [0, 0.1) is 13.8 Å². The van der Waals surface area contributed by atoms with E-state index in [-0.39, 0.29) is 11.9 Å². The van der Waals surface area contributed by atoms with Gasteiger partial charge in [-0.1, -0.05) is 18.2 Å². The predicted octanol–water partition coefficient (Wildman–Crippen LogP) is 2.86. The highest BCUT2D eigenvalue weighted by molar-refractivity contribution is 6.06. The number of aromatic nitrogens is 3. The van der Waals surface area contributed by atoms with Crippen molar-refractivity contribution >= 4 is 16.8 Å². The van der Waals surface area contributed by atoms with Gasteiger partial charge in [-0.15, -0.1) is 0 Å². The summed E-state index contributed by atoms with van der Waals surface area (Å²) in [6, 6.07) is 8.00. The molecule has 5 heteroatoms. The van der Waals surface area contributed by atoms with Crippen LogP contribution in [-0.4, -0.2) is 27.1 Å². The SMILES string of the molecule is Cc1cc(C(=O)N[C@H]2CCc3[nH]ncc3C2)c2cccc(C)c2n1. The van der Waals surface area contributed by atoms with Gasteiger partial charge in [-0.05, 0) is 50.3 Å². The number of fused-ring (bicyclic) bond motifs is 2. The first-order valence-electron chi connectivity index (χ1n) is 8.31. The average Bonchev–Trinajstić information content (AvgIpc) is 3.02. The van der Waals surface area contributed by atoms with Crippen molar-refractivity contribution in [3.05, 3.63) is 58.5 Å². The van der Waals surface area contributed by atoms with Gasteiger partial charge in [0.1, 0.15) is 0 Å². The Bertz CT molecular complexity index is 928. The van der Waals surface area contributed by atoms with Crippen LogP contribution in [0.2, 0.25) is 0 Å². The van der Waals surface area contributed by atoms with Crippen LogP contribution in [0.3, 0.4) is 0 Å². The molecule has 2 heterocycles. The Labute approximate surface area is 140 Å². The molecule has 0 spiro atoms. The first-order valence-corrected chi connectivity index (χ1v) is 8.31. The van der Waals surface area contributed by atoms with Crippen LogP contribution in [0.25, 0.3) is 10.9 Å². The standard InChI is InChI=1S/C19H20N4O/c1-11-4-3-5-15-16(8-12(2)21-18(11)15)19(24)22-14-6-7-17-13(9-14)10-20-23-17/h3-5,8,10,14H,6-7,9H2,1-2H3,(H,20,23)(H,22,24)/t14-/m0/s1. The summed E-state index contributed by atoms with van der Waals surface area (Å²) in [6.07, 6.45) is 4.55. The van der Waals surface area contributed by atoms with Crippen molar-refractivity contribution in [2.45, 2.75) is 39.2 Å². The molecule has 1 atom stereocenters. The van der Waals surface area contributed by atoms with Crippen molar-refractivity contribution in [3.8, 4) is 0 Å². The van der Waals surface area contributed by atoms with E-state index < -0.39 is 0 Å². The summed E-state index contributed by atoms with van der Waals surface area (Å²) in [4.78, 5) is 17.5. The van der Waals surface area contributed by atoms with Crippen LogP contribution in [-0.2, 0) is 12.8 Å². The van der Waals surface area contributed by atoms with Gasteiger partial charge in [-0.3, -0.25) is 14.9 Å². The fourth-order valence-corrected chi connectivity index (χ4v) is 3.51. The number of nitrogens with zero attached hydrogens (tertiary/aromatic N) is 2. The molecule has 2 N–H and O–H groups in total. The molecule has 1 aromatic carbocycles. The largest absolute Gasteiger partial charge is 0.349 e. The minimum atomic E-state index is -0.0203. The summed E-state index contributed by atoms with van der Waals surface area (Å²) >= 11 is 0. The lowest BCUT2D eigenvalue weighted by atomic mass is 9.93. The zero-order chi connectivity index (χ0) is 16.7. The zero-order valence-electron chi connectivity index (χ0n) is 13.9. The number of H-pyrrole nitrogens is 1. The van der Waals surface area contributed by atoms with Gasteiger partial charge in [-0.25, -0.2) is 0 Å². The molecule has 3 aromatic rings. The number of nitrogens with one attached hydrogen (secondary N) is 2. The third kappa shape index (κ3) is 2.56. The number of hydrogen-bond donors (Lipinski definition) is 2. The molecule has 1 aliphatic rings. The maximum atomic E-state index is 12.9. The zero-order valence-corrected chi connectivity index (χ0v) is 13.9. The molecule has 5 nitrogen and oxygen atoms in total. The summed E-state index contributed by atoms with van der Waals surface area (Å²) in [6.45, 7) is 3.96. The number of amides is 1. The molecule has 0 unspecified atom stereocenters. The first-order chi connectivity index (χ1) is 11.6. The van der Waals surface area contributed by atoms with Crippen LogP contribution in [0.5, 0.6) is 0 Å². The number of para-hydroxylation sites is 1. The highest BCUT2D eigenvalue weighted by Crippen LogP contribution is 2.23. The van der Waals surface area contributed by atoms with E-state index in [2.05, 4.69) is 20.5 Å². The Morgan fingerprint density at radius 1 is 1.33 bits per heavy atom. The molecule has 0 saturated carbocycles. The van der Waals surface area contributed by atoms with E-state index in [1.54, 1.807) is 0 Å². The smallest absolute Gasteiger partial charge is 0.252 e. The van der Waals surface area contributed by atoms with Gasteiger partial charge in [0.15, 0.2) is 0 Å². The lowest BCUT2D eigenvalue weighted by Gasteiger charge is -2.23. The van der Waals surface area contributed by atoms with Gasteiger partial charge in [0.25, 0.3) is 5.91 Å². The number of hydrogen-bond acceptors (Lipinski definition) is 3. The third-order valence-electron chi connectivity index (χ3n) is 4.77. The van der Waals surface area contributed by atoms with Crippen LogP contribution >= 0.6 is 0 Å². The number of pyridine rings is 1. The van der Waals surface area contributed by atoms with Gasteiger partial charge in [0.05, 0.1) is 17.3 Å². The molecule has 0 radical (unpaired) electrons. The second kappa shape index (κ2) is 5.74. The Balaban J connectivity index is 1.63. The first kappa shape index (κ1) is 14.9. The normalized spacial score (nSPS) is 16.8. The van der Waals surface area contributed by atoms with Gasteiger partial charge in [-0.2, -0.15) is 5.10 Å². The minimum Gasteiger partial charge on any atom is -0.349 e. The molecule has 24 heavy (non-hydrogen) atoms. The predicted molar refractivity (Wildman–Crippen MR) is 93.1 cm³/mol. The number of rotatable bonds is 2. The summed E-state index contributed by atoms with van der Waals surface area (Å²) in [5.41, 5.74) is 5.97. The van der Waals surface area contributed by atoms with Gasteiger partial charge in [0.2, 0.25) is 0 Å². The average molecular weight is 320 g/mol. The molecule has 0 aliphatic heterocycles. The quantitative estimate of drug-likeness (QED) is 0.763. The summed E-state index contributed by atoms with van der Waals surface area (Å²) < 4.78 is 0. The minimum absolute atomic E-state index is 0.0203. The molecule has 4 rings (SSSR count). The number of benzene rings is 1. The van der Waals surface area contributed by atoms with E-state index in [9.17, 15) is 4.79 Å². The molecule has 0 fully saturated rings. The van der Waals surface area contributed by atoms with E-state index in [0.29, 0.717) is 5.56 Å². The van der Waals surface area contributed by atoms with Crippen LogP contribution in [0.4, 0.5) is 0 Å². The molecule has 1 amide bonds. The molecule has 122 valence electrons. The second-order valence-electron chi connectivity index (χ2n) is 6.57. The van der Waals surface area contributed by atoms with E-state index in [4.69, 9.17) is 0 Å². The lowest BCUT2D eigenvalue weighted by molar-refractivity contribution is 0.0935. The molecular weight excluding hydrogens is 300 g/mol. The topological polar surface area (TPSA) is 70.7 Å². The highest BCUT2D eigenvalue weighted by atomic mass is 16.1. The van der Waals surface area contributed by atoms with Crippen molar-refractivity contribution in [3.63, 3.8) is 0 Å².